The van der Waals surface area contributed by atoms with Crippen molar-refractivity contribution >= 4 is 17.6 Å². The Balaban J connectivity index is 1.15. The third-order valence-corrected chi connectivity index (χ3v) is 5.70. The van der Waals surface area contributed by atoms with E-state index in [9.17, 15) is 9.59 Å². The fraction of sp³-hybridized carbons (Fsp3) is 0.286. The van der Waals surface area contributed by atoms with Gasteiger partial charge in [-0.2, -0.15) is 0 Å². The van der Waals surface area contributed by atoms with Gasteiger partial charge in [-0.25, -0.2) is 4.79 Å². The normalized spacial score (nSPS) is 13.4. The van der Waals surface area contributed by atoms with Crippen molar-refractivity contribution in [3.05, 3.63) is 90.0 Å². The van der Waals surface area contributed by atoms with Crippen LogP contribution in [0.2, 0.25) is 0 Å². The first-order valence-corrected chi connectivity index (χ1v) is 12.0. The van der Waals surface area contributed by atoms with Gasteiger partial charge in [-0.3, -0.25) is 15.0 Å². The molecule has 35 heavy (non-hydrogen) atoms. The Hall–Kier alpha value is -3.84. The van der Waals surface area contributed by atoms with Gasteiger partial charge in [0.05, 0.1) is 6.61 Å². The van der Waals surface area contributed by atoms with E-state index in [2.05, 4.69) is 34.9 Å². The largest absolute Gasteiger partial charge is 0.494 e. The summed E-state index contributed by atoms with van der Waals surface area (Å²) in [6, 6.07) is 25.2. The summed E-state index contributed by atoms with van der Waals surface area (Å²) in [6.45, 7) is 3.30. The van der Waals surface area contributed by atoms with Crippen LogP contribution in [0.4, 0.5) is 10.5 Å². The summed E-state index contributed by atoms with van der Waals surface area (Å²) < 4.78 is 11.6. The summed E-state index contributed by atoms with van der Waals surface area (Å²) in [7, 11) is 0. The molecule has 1 heterocycles. The van der Waals surface area contributed by atoms with Crippen molar-refractivity contribution in [1.82, 2.24) is 10.6 Å². The first kappa shape index (κ1) is 24.3. The van der Waals surface area contributed by atoms with Gasteiger partial charge in [0.15, 0.2) is 0 Å². The smallest absolute Gasteiger partial charge is 0.328 e. The Labute approximate surface area is 206 Å². The molecule has 0 aliphatic carbocycles. The summed E-state index contributed by atoms with van der Waals surface area (Å²) in [6.07, 6.45) is 2.37. The van der Waals surface area contributed by atoms with Crippen LogP contribution in [0.25, 0.3) is 0 Å². The minimum Gasteiger partial charge on any atom is -0.494 e. The first-order chi connectivity index (χ1) is 17.2. The molecule has 7 heteroatoms. The number of unbranched alkanes of at least 4 members (excludes halogenated alkanes) is 1. The van der Waals surface area contributed by atoms with Crippen LogP contribution in [0.5, 0.6) is 11.5 Å². The Morgan fingerprint density at radius 3 is 2.40 bits per heavy atom. The summed E-state index contributed by atoms with van der Waals surface area (Å²) >= 11 is 0. The average Bonchev–Trinajstić information content (AvgIpc) is 2.88. The lowest BCUT2D eigenvalue weighted by molar-refractivity contribution is -0.120. The topological polar surface area (TPSA) is 79.9 Å². The number of nitrogens with zero attached hydrogens (tertiary/aromatic N) is 1. The van der Waals surface area contributed by atoms with E-state index >= 15 is 0 Å². The van der Waals surface area contributed by atoms with Gasteiger partial charge in [0.2, 0.25) is 5.91 Å². The van der Waals surface area contributed by atoms with Crippen molar-refractivity contribution in [3.63, 3.8) is 0 Å². The standard InChI is InChI=1S/C28H31N3O4/c32-27-15-17-31(28(33)30-27)24-7-6-10-26(19-24)35-21-23-13-11-22(12-14-23)20-29-16-4-5-18-34-25-8-2-1-3-9-25/h1-3,6-14,19,29H,4-5,15-18,20-21H2,(H,30,32,33). The summed E-state index contributed by atoms with van der Waals surface area (Å²) in [4.78, 5) is 25.0. The second-order valence-corrected chi connectivity index (χ2v) is 8.40. The fourth-order valence-electron chi connectivity index (χ4n) is 3.76. The predicted molar refractivity (Wildman–Crippen MR) is 136 cm³/mol. The molecule has 3 aromatic rings. The summed E-state index contributed by atoms with van der Waals surface area (Å²) in [5.41, 5.74) is 3.00. The van der Waals surface area contributed by atoms with E-state index in [1.54, 1.807) is 4.90 Å². The van der Waals surface area contributed by atoms with Crippen molar-refractivity contribution in [2.24, 2.45) is 0 Å². The molecule has 0 bridgehead atoms. The Morgan fingerprint density at radius 2 is 1.60 bits per heavy atom. The molecular weight excluding hydrogens is 442 g/mol. The average molecular weight is 474 g/mol. The number of para-hydroxylation sites is 1. The molecular formula is C28H31N3O4. The Kier molecular flexibility index (Phi) is 8.73. The van der Waals surface area contributed by atoms with Crippen LogP contribution in [-0.2, 0) is 17.9 Å². The molecule has 1 aliphatic heterocycles. The van der Waals surface area contributed by atoms with Gasteiger partial charge in [0.1, 0.15) is 18.1 Å². The number of rotatable bonds is 12. The highest BCUT2D eigenvalue weighted by Crippen LogP contribution is 2.23. The maximum Gasteiger partial charge on any atom is 0.328 e. The van der Waals surface area contributed by atoms with Crippen LogP contribution in [0.15, 0.2) is 78.9 Å². The van der Waals surface area contributed by atoms with Gasteiger partial charge < -0.3 is 14.8 Å². The van der Waals surface area contributed by atoms with Gasteiger partial charge >= 0.3 is 6.03 Å². The number of ether oxygens (including phenoxy) is 2. The molecule has 1 aliphatic rings. The molecule has 2 N–H and O–H groups in total. The number of nitrogens with one attached hydrogen (secondary N) is 2. The maximum atomic E-state index is 12.1. The highest BCUT2D eigenvalue weighted by Gasteiger charge is 2.24. The van der Waals surface area contributed by atoms with Gasteiger partial charge in [-0.1, -0.05) is 48.5 Å². The van der Waals surface area contributed by atoms with Crippen LogP contribution in [-0.4, -0.2) is 31.6 Å². The summed E-state index contributed by atoms with van der Waals surface area (Å²) in [5.74, 6) is 1.35. The first-order valence-electron chi connectivity index (χ1n) is 12.0. The molecule has 4 rings (SSSR count). The van der Waals surface area contributed by atoms with Gasteiger partial charge in [0, 0.05) is 31.3 Å². The van der Waals surface area contributed by atoms with Crippen molar-refractivity contribution in [2.45, 2.75) is 32.4 Å². The van der Waals surface area contributed by atoms with Crippen LogP contribution >= 0.6 is 0 Å². The number of urea groups is 1. The van der Waals surface area contributed by atoms with E-state index in [-0.39, 0.29) is 5.91 Å². The molecule has 0 radical (unpaired) electrons. The fourth-order valence-corrected chi connectivity index (χ4v) is 3.76. The van der Waals surface area contributed by atoms with Crippen molar-refractivity contribution in [3.8, 4) is 11.5 Å². The molecule has 3 amide bonds. The quantitative estimate of drug-likeness (QED) is 0.374. The SMILES string of the molecule is O=C1CCN(c2cccc(OCc3ccc(CNCCCCOc4ccccc4)cc3)c2)C(=O)N1. The van der Waals surface area contributed by atoms with Gasteiger partial charge in [-0.05, 0) is 54.8 Å². The van der Waals surface area contributed by atoms with Crippen molar-refractivity contribution < 1.29 is 19.1 Å². The molecule has 182 valence electrons. The number of benzene rings is 3. The Bertz CT molecular complexity index is 1100. The van der Waals surface area contributed by atoms with Crippen LogP contribution in [0.1, 0.15) is 30.4 Å². The molecule has 0 aromatic heterocycles. The molecule has 0 saturated carbocycles. The number of hydrogen-bond acceptors (Lipinski definition) is 5. The van der Waals surface area contributed by atoms with E-state index in [1.165, 1.54) is 5.56 Å². The molecule has 0 spiro atoms. The number of amides is 3. The van der Waals surface area contributed by atoms with E-state index in [4.69, 9.17) is 9.47 Å². The van der Waals surface area contributed by atoms with E-state index < -0.39 is 6.03 Å². The number of hydrogen-bond donors (Lipinski definition) is 2. The second-order valence-electron chi connectivity index (χ2n) is 8.40. The lowest BCUT2D eigenvalue weighted by Gasteiger charge is -2.26. The van der Waals surface area contributed by atoms with Gasteiger partial charge in [0.25, 0.3) is 0 Å². The van der Waals surface area contributed by atoms with Crippen molar-refractivity contribution in [1.29, 1.82) is 0 Å². The molecule has 7 nitrogen and oxygen atoms in total. The van der Waals surface area contributed by atoms with E-state index in [0.29, 0.717) is 31.0 Å². The lowest BCUT2D eigenvalue weighted by Crippen LogP contribution is -2.49. The van der Waals surface area contributed by atoms with Crippen molar-refractivity contribution in [2.75, 3.05) is 24.6 Å². The number of imide groups is 1. The molecule has 3 aromatic carbocycles. The van der Waals surface area contributed by atoms with Gasteiger partial charge in [-0.15, -0.1) is 0 Å². The number of carbonyl (C=O) groups is 2. The number of carbonyl (C=O) groups excluding carboxylic acids is 2. The second kappa shape index (κ2) is 12.6. The number of anilines is 1. The molecule has 0 atom stereocenters. The molecule has 1 saturated heterocycles. The third-order valence-electron chi connectivity index (χ3n) is 5.70. The third kappa shape index (κ3) is 7.58. The van der Waals surface area contributed by atoms with E-state index in [0.717, 1.165) is 43.9 Å². The zero-order chi connectivity index (χ0) is 24.3. The lowest BCUT2D eigenvalue weighted by atomic mass is 10.1. The zero-order valence-electron chi connectivity index (χ0n) is 19.7. The Morgan fingerprint density at radius 1 is 0.829 bits per heavy atom. The highest BCUT2D eigenvalue weighted by atomic mass is 16.5. The monoisotopic (exact) mass is 473 g/mol. The zero-order valence-corrected chi connectivity index (χ0v) is 19.7. The van der Waals surface area contributed by atoms with Crippen LogP contribution < -0.4 is 25.0 Å². The highest BCUT2D eigenvalue weighted by molar-refractivity contribution is 6.05. The van der Waals surface area contributed by atoms with Crippen LogP contribution in [0.3, 0.4) is 0 Å². The van der Waals surface area contributed by atoms with Crippen LogP contribution in [0, 0.1) is 0 Å². The summed E-state index contributed by atoms with van der Waals surface area (Å²) in [5, 5.41) is 5.82. The maximum absolute atomic E-state index is 12.1. The molecule has 1 fully saturated rings. The molecule has 0 unspecified atom stereocenters. The van der Waals surface area contributed by atoms with E-state index in [1.807, 2.05) is 54.6 Å². The predicted octanol–water partition coefficient (Wildman–Crippen LogP) is 4.66. The minimum atomic E-state index is -0.400. The minimum absolute atomic E-state index is 0.245.